The SMILES string of the molecule is CCC(N)Cc1cc(C(=O)O)ccc1O.Cl. The molecule has 1 atom stereocenters. The Morgan fingerprint density at radius 2 is 2.12 bits per heavy atom. The van der Waals surface area contributed by atoms with E-state index in [0.29, 0.717) is 12.0 Å². The van der Waals surface area contributed by atoms with Crippen molar-refractivity contribution in [2.24, 2.45) is 5.73 Å². The van der Waals surface area contributed by atoms with Crippen LogP contribution in [0.25, 0.3) is 0 Å². The summed E-state index contributed by atoms with van der Waals surface area (Å²) in [4.78, 5) is 10.7. The lowest BCUT2D eigenvalue weighted by atomic mass is 10.0. The summed E-state index contributed by atoms with van der Waals surface area (Å²) in [6.45, 7) is 1.95. The van der Waals surface area contributed by atoms with Gasteiger partial charge in [0.25, 0.3) is 0 Å². The lowest BCUT2D eigenvalue weighted by Crippen LogP contribution is -2.21. The van der Waals surface area contributed by atoms with Crippen LogP contribution in [0.5, 0.6) is 5.75 Å². The third-order valence-corrected chi connectivity index (χ3v) is 2.33. The van der Waals surface area contributed by atoms with Crippen molar-refractivity contribution in [3.8, 4) is 5.75 Å². The standard InChI is InChI=1S/C11H15NO3.ClH/c1-2-9(12)6-8-5-7(11(14)15)3-4-10(8)13;/h3-5,9,13H,2,6,12H2,1H3,(H,14,15);1H. The van der Waals surface area contributed by atoms with Gasteiger partial charge in [-0.3, -0.25) is 0 Å². The molecule has 0 bridgehead atoms. The number of phenols is 1. The number of benzene rings is 1. The van der Waals surface area contributed by atoms with E-state index in [2.05, 4.69) is 0 Å². The van der Waals surface area contributed by atoms with E-state index in [1.807, 2.05) is 6.92 Å². The fourth-order valence-corrected chi connectivity index (χ4v) is 1.31. The Hall–Kier alpha value is -1.26. The number of hydrogen-bond donors (Lipinski definition) is 3. The summed E-state index contributed by atoms with van der Waals surface area (Å²) in [6.07, 6.45) is 1.28. The second-order valence-electron chi connectivity index (χ2n) is 3.52. The van der Waals surface area contributed by atoms with Gasteiger partial charge in [-0.25, -0.2) is 4.79 Å². The zero-order valence-corrected chi connectivity index (χ0v) is 9.83. The smallest absolute Gasteiger partial charge is 0.335 e. The maximum absolute atomic E-state index is 10.7. The van der Waals surface area contributed by atoms with Gasteiger partial charge in [0, 0.05) is 6.04 Å². The number of carboxylic acids is 1. The summed E-state index contributed by atoms with van der Waals surface area (Å²) in [6, 6.07) is 4.17. The van der Waals surface area contributed by atoms with Crippen molar-refractivity contribution in [2.45, 2.75) is 25.8 Å². The molecule has 0 aliphatic heterocycles. The molecule has 0 aliphatic carbocycles. The average Bonchev–Trinajstić information content (AvgIpc) is 2.20. The van der Waals surface area contributed by atoms with Gasteiger partial charge < -0.3 is 15.9 Å². The van der Waals surface area contributed by atoms with Crippen LogP contribution in [0, 0.1) is 0 Å². The highest BCUT2D eigenvalue weighted by Crippen LogP contribution is 2.20. The summed E-state index contributed by atoms with van der Waals surface area (Å²) in [5.41, 5.74) is 6.50. The second-order valence-corrected chi connectivity index (χ2v) is 3.52. The molecule has 1 aromatic carbocycles. The quantitative estimate of drug-likeness (QED) is 0.755. The second kappa shape index (κ2) is 6.35. The molecule has 0 aromatic heterocycles. The van der Waals surface area contributed by atoms with Crippen LogP contribution in [0.15, 0.2) is 18.2 Å². The number of rotatable bonds is 4. The number of phenolic OH excluding ortho intramolecular Hbond substituents is 1. The summed E-state index contributed by atoms with van der Waals surface area (Å²) in [7, 11) is 0. The molecular weight excluding hydrogens is 230 g/mol. The summed E-state index contributed by atoms with van der Waals surface area (Å²) in [5, 5.41) is 18.3. The molecule has 0 saturated heterocycles. The number of aromatic hydroxyl groups is 1. The number of carboxylic acid groups (broad SMARTS) is 1. The molecule has 1 aromatic rings. The first-order valence-electron chi connectivity index (χ1n) is 4.85. The van der Waals surface area contributed by atoms with Gasteiger partial charge in [0.15, 0.2) is 0 Å². The minimum atomic E-state index is -0.999. The van der Waals surface area contributed by atoms with Crippen molar-refractivity contribution in [2.75, 3.05) is 0 Å². The number of nitrogens with two attached hydrogens (primary N) is 1. The zero-order valence-electron chi connectivity index (χ0n) is 9.01. The molecule has 4 N–H and O–H groups in total. The molecule has 0 heterocycles. The van der Waals surface area contributed by atoms with Gasteiger partial charge in [0.05, 0.1) is 5.56 Å². The minimum Gasteiger partial charge on any atom is -0.508 e. The van der Waals surface area contributed by atoms with Crippen molar-refractivity contribution in [3.63, 3.8) is 0 Å². The Balaban J connectivity index is 0.00000225. The van der Waals surface area contributed by atoms with E-state index < -0.39 is 5.97 Å². The molecule has 0 aliphatic rings. The van der Waals surface area contributed by atoms with Crippen LogP contribution in [0.2, 0.25) is 0 Å². The van der Waals surface area contributed by atoms with Crippen molar-refractivity contribution >= 4 is 18.4 Å². The van der Waals surface area contributed by atoms with Crippen LogP contribution >= 0.6 is 12.4 Å². The first-order valence-corrected chi connectivity index (χ1v) is 4.85. The Kier molecular flexibility index (Phi) is 5.85. The van der Waals surface area contributed by atoms with Gasteiger partial charge in [0.1, 0.15) is 5.75 Å². The van der Waals surface area contributed by atoms with E-state index in [4.69, 9.17) is 10.8 Å². The molecular formula is C11H16ClNO3. The third kappa shape index (κ3) is 3.72. The van der Waals surface area contributed by atoms with E-state index in [9.17, 15) is 9.90 Å². The molecule has 90 valence electrons. The predicted molar refractivity (Wildman–Crippen MR) is 64.3 cm³/mol. The molecule has 0 saturated carbocycles. The first kappa shape index (κ1) is 14.7. The van der Waals surface area contributed by atoms with Gasteiger partial charge >= 0.3 is 5.97 Å². The highest BCUT2D eigenvalue weighted by molar-refractivity contribution is 5.88. The highest BCUT2D eigenvalue weighted by Gasteiger charge is 2.10. The number of carbonyl (C=O) groups is 1. The fraction of sp³-hybridized carbons (Fsp3) is 0.364. The Bertz CT molecular complexity index is 368. The first-order chi connectivity index (χ1) is 7.04. The van der Waals surface area contributed by atoms with Crippen LogP contribution < -0.4 is 5.73 Å². The molecule has 1 rings (SSSR count). The van der Waals surface area contributed by atoms with Gasteiger partial charge in [0.2, 0.25) is 0 Å². The number of hydrogen-bond acceptors (Lipinski definition) is 3. The third-order valence-electron chi connectivity index (χ3n) is 2.33. The molecule has 16 heavy (non-hydrogen) atoms. The molecule has 4 nitrogen and oxygen atoms in total. The van der Waals surface area contributed by atoms with Gasteiger partial charge in [-0.2, -0.15) is 0 Å². The number of halogens is 1. The van der Waals surface area contributed by atoms with Gasteiger partial charge in [-0.1, -0.05) is 6.92 Å². The normalized spacial score (nSPS) is 11.6. The van der Waals surface area contributed by atoms with Crippen molar-refractivity contribution in [1.29, 1.82) is 0 Å². The Morgan fingerprint density at radius 1 is 1.50 bits per heavy atom. The summed E-state index contributed by atoms with van der Waals surface area (Å²) >= 11 is 0. The zero-order chi connectivity index (χ0) is 11.4. The van der Waals surface area contributed by atoms with E-state index in [1.165, 1.54) is 18.2 Å². The topological polar surface area (TPSA) is 83.6 Å². The molecule has 1 unspecified atom stereocenters. The summed E-state index contributed by atoms with van der Waals surface area (Å²) in [5.74, 6) is -0.898. The van der Waals surface area contributed by atoms with Crippen molar-refractivity contribution in [1.82, 2.24) is 0 Å². The van der Waals surface area contributed by atoms with Crippen molar-refractivity contribution in [3.05, 3.63) is 29.3 Å². The van der Waals surface area contributed by atoms with Gasteiger partial charge in [-0.15, -0.1) is 12.4 Å². The fourth-order valence-electron chi connectivity index (χ4n) is 1.31. The van der Waals surface area contributed by atoms with Gasteiger partial charge in [-0.05, 0) is 36.6 Å². The molecule has 0 spiro atoms. The molecule has 0 radical (unpaired) electrons. The van der Waals surface area contributed by atoms with E-state index in [1.54, 1.807) is 0 Å². The Morgan fingerprint density at radius 3 is 2.62 bits per heavy atom. The molecule has 5 heteroatoms. The predicted octanol–water partition coefficient (Wildman–Crippen LogP) is 1.79. The number of aromatic carboxylic acids is 1. The Labute approximate surface area is 100 Å². The minimum absolute atomic E-state index is 0. The lowest BCUT2D eigenvalue weighted by molar-refractivity contribution is 0.0696. The van der Waals surface area contributed by atoms with Crippen LogP contribution in [-0.2, 0) is 6.42 Å². The maximum atomic E-state index is 10.7. The van der Waals surface area contributed by atoms with Crippen molar-refractivity contribution < 1.29 is 15.0 Å². The van der Waals surface area contributed by atoms with Crippen LogP contribution in [0.3, 0.4) is 0 Å². The highest BCUT2D eigenvalue weighted by atomic mass is 35.5. The largest absolute Gasteiger partial charge is 0.508 e. The average molecular weight is 246 g/mol. The maximum Gasteiger partial charge on any atom is 0.335 e. The molecule has 0 amide bonds. The summed E-state index contributed by atoms with van der Waals surface area (Å²) < 4.78 is 0. The molecule has 0 fully saturated rings. The van der Waals surface area contributed by atoms with Crippen LogP contribution in [0.1, 0.15) is 29.3 Å². The van der Waals surface area contributed by atoms with Crippen LogP contribution in [-0.4, -0.2) is 22.2 Å². The van der Waals surface area contributed by atoms with E-state index in [-0.39, 0.29) is 29.8 Å². The van der Waals surface area contributed by atoms with E-state index >= 15 is 0 Å². The van der Waals surface area contributed by atoms with Crippen LogP contribution in [0.4, 0.5) is 0 Å². The lowest BCUT2D eigenvalue weighted by Gasteiger charge is -2.10. The van der Waals surface area contributed by atoms with E-state index in [0.717, 1.165) is 6.42 Å². The monoisotopic (exact) mass is 245 g/mol.